The van der Waals surface area contributed by atoms with Crippen LogP contribution in [0.4, 0.5) is 0 Å². The smallest absolute Gasteiger partial charge is 0.132 e. The van der Waals surface area contributed by atoms with Crippen LogP contribution in [0, 0.1) is 0 Å². The quantitative estimate of drug-likeness (QED) is 0.0981. The molecule has 1 aliphatic rings. The van der Waals surface area contributed by atoms with Crippen LogP contribution in [-0.2, 0) is 50.1 Å². The Morgan fingerprint density at radius 3 is 1.22 bits per heavy atom. The number of hydrogen-bond donors (Lipinski definition) is 0. The average Bonchev–Trinajstić information content (AvgIpc) is 3.17. The Morgan fingerprint density at radius 2 is 0.840 bits per heavy atom. The van der Waals surface area contributed by atoms with Gasteiger partial charge in [-0.25, -0.2) is 0 Å². The van der Waals surface area contributed by atoms with Crippen molar-refractivity contribution in [3.05, 3.63) is 119 Å². The minimum absolute atomic E-state index is 0.299. The zero-order valence-corrected chi connectivity index (χ0v) is 30.3. The molecule has 1 heterocycles. The first-order valence-corrected chi connectivity index (χ1v) is 17.8. The molecule has 5 rings (SSSR count). The van der Waals surface area contributed by atoms with Crippen LogP contribution < -0.4 is 18.9 Å². The van der Waals surface area contributed by atoms with Crippen molar-refractivity contribution in [3.8, 4) is 23.0 Å². The van der Waals surface area contributed by atoms with E-state index in [4.69, 9.17) is 42.6 Å². The summed E-state index contributed by atoms with van der Waals surface area (Å²) in [5, 5.41) is 0. The molecule has 1 fully saturated rings. The van der Waals surface area contributed by atoms with E-state index in [2.05, 4.69) is 6.92 Å². The molecule has 1 saturated heterocycles. The first-order valence-electron chi connectivity index (χ1n) is 16.7. The standard InChI is InChI=1S/C40H48O9S/c1-6-50-40-39(48-26-31-13-21-35(44-5)22-14-31)38(47-25-30-11-19-34(43-4)20-12-30)37(46-24-29-9-17-33(42-3)18-10-29)36(49-40)27-45-23-28-7-15-32(41-2)16-8-28/h7-22,36-40H,6,23-27H2,1-5H3/t36?,37-,38-,39?,40+/m1/s1. The zero-order chi connectivity index (χ0) is 35.1. The van der Waals surface area contributed by atoms with Gasteiger partial charge < -0.3 is 42.6 Å². The Balaban J connectivity index is 1.41. The Labute approximate surface area is 300 Å². The van der Waals surface area contributed by atoms with Crippen molar-refractivity contribution in [3.63, 3.8) is 0 Å². The first kappa shape index (κ1) is 37.5. The van der Waals surface area contributed by atoms with Gasteiger partial charge in [-0.2, -0.15) is 0 Å². The summed E-state index contributed by atoms with van der Waals surface area (Å²) < 4.78 is 54.8. The van der Waals surface area contributed by atoms with E-state index in [0.717, 1.165) is 51.0 Å². The molecule has 0 saturated carbocycles. The molecule has 0 amide bonds. The predicted octanol–water partition coefficient (Wildman–Crippen LogP) is 7.47. The third-order valence-corrected chi connectivity index (χ3v) is 9.48. The zero-order valence-electron chi connectivity index (χ0n) is 29.4. The van der Waals surface area contributed by atoms with Crippen LogP contribution >= 0.6 is 11.8 Å². The van der Waals surface area contributed by atoms with Crippen LogP contribution in [0.15, 0.2) is 97.1 Å². The molecule has 9 nitrogen and oxygen atoms in total. The van der Waals surface area contributed by atoms with Gasteiger partial charge in [-0.3, -0.25) is 0 Å². The lowest BCUT2D eigenvalue weighted by molar-refractivity contribution is -0.254. The molecule has 0 N–H and O–H groups in total. The van der Waals surface area contributed by atoms with Gasteiger partial charge in [0.25, 0.3) is 0 Å². The highest BCUT2D eigenvalue weighted by Gasteiger charge is 2.48. The number of ether oxygens (including phenoxy) is 9. The van der Waals surface area contributed by atoms with E-state index in [-0.39, 0.29) is 5.44 Å². The molecule has 4 aromatic rings. The van der Waals surface area contributed by atoms with Gasteiger partial charge in [-0.05, 0) is 76.5 Å². The summed E-state index contributed by atoms with van der Waals surface area (Å²) in [5.41, 5.74) is 3.73. The van der Waals surface area contributed by atoms with Crippen molar-refractivity contribution >= 4 is 11.8 Å². The Hall–Kier alpha value is -3.77. The average molecular weight is 705 g/mol. The van der Waals surface area contributed by atoms with Crippen LogP contribution in [0.1, 0.15) is 29.2 Å². The summed E-state index contributed by atoms with van der Waals surface area (Å²) >= 11 is 1.69. The molecule has 0 aliphatic carbocycles. The molecule has 0 radical (unpaired) electrons. The number of rotatable bonds is 19. The molecule has 4 aromatic carbocycles. The Bertz CT molecular complexity index is 1530. The highest BCUT2D eigenvalue weighted by Crippen LogP contribution is 2.36. The van der Waals surface area contributed by atoms with Crippen LogP contribution in [0.3, 0.4) is 0 Å². The van der Waals surface area contributed by atoms with Crippen LogP contribution in [0.25, 0.3) is 0 Å². The van der Waals surface area contributed by atoms with Gasteiger partial charge in [-0.1, -0.05) is 55.5 Å². The fourth-order valence-corrected chi connectivity index (χ4v) is 6.61. The van der Waals surface area contributed by atoms with Crippen molar-refractivity contribution < 1.29 is 42.6 Å². The van der Waals surface area contributed by atoms with Crippen LogP contribution in [-0.4, -0.2) is 70.7 Å². The summed E-state index contributed by atoms with van der Waals surface area (Å²) in [6, 6.07) is 31.5. The number of methoxy groups -OCH3 is 4. The molecule has 0 bridgehead atoms. The predicted molar refractivity (Wildman–Crippen MR) is 194 cm³/mol. The summed E-state index contributed by atoms with van der Waals surface area (Å²) in [7, 11) is 6.63. The maximum absolute atomic E-state index is 6.82. The fourth-order valence-electron chi connectivity index (χ4n) is 5.64. The molecule has 50 heavy (non-hydrogen) atoms. The molecule has 1 aliphatic heterocycles. The van der Waals surface area contributed by atoms with Crippen LogP contribution in [0.5, 0.6) is 23.0 Å². The van der Waals surface area contributed by atoms with Gasteiger partial charge >= 0.3 is 0 Å². The van der Waals surface area contributed by atoms with Gasteiger partial charge in [0.05, 0.1) is 61.5 Å². The van der Waals surface area contributed by atoms with E-state index in [1.807, 2.05) is 97.1 Å². The number of hydrogen-bond acceptors (Lipinski definition) is 10. The van der Waals surface area contributed by atoms with E-state index in [9.17, 15) is 0 Å². The molecule has 10 heteroatoms. The third-order valence-electron chi connectivity index (χ3n) is 8.44. The second kappa shape index (κ2) is 19.6. The lowest BCUT2D eigenvalue weighted by Crippen LogP contribution is -2.60. The maximum atomic E-state index is 6.82. The Kier molecular flexibility index (Phi) is 14.7. The molecular weight excluding hydrogens is 656 g/mol. The summed E-state index contributed by atoms with van der Waals surface area (Å²) in [6.45, 7) is 3.88. The van der Waals surface area contributed by atoms with Gasteiger partial charge in [0, 0.05) is 0 Å². The van der Waals surface area contributed by atoms with Crippen molar-refractivity contribution in [2.75, 3.05) is 40.8 Å². The molecule has 0 spiro atoms. The van der Waals surface area contributed by atoms with Gasteiger partial charge in [-0.15, -0.1) is 11.8 Å². The van der Waals surface area contributed by atoms with Gasteiger partial charge in [0.1, 0.15) is 52.8 Å². The number of benzene rings is 4. The van der Waals surface area contributed by atoms with Crippen molar-refractivity contribution in [1.29, 1.82) is 0 Å². The maximum Gasteiger partial charge on any atom is 0.132 e. The largest absolute Gasteiger partial charge is 0.497 e. The van der Waals surface area contributed by atoms with Gasteiger partial charge in [0.2, 0.25) is 0 Å². The minimum atomic E-state index is -0.513. The van der Waals surface area contributed by atoms with E-state index >= 15 is 0 Å². The van der Waals surface area contributed by atoms with Crippen molar-refractivity contribution in [2.45, 2.75) is 63.2 Å². The van der Waals surface area contributed by atoms with E-state index in [1.165, 1.54) is 0 Å². The molecule has 268 valence electrons. The fraction of sp³-hybridized carbons (Fsp3) is 0.400. The van der Waals surface area contributed by atoms with Gasteiger partial charge in [0.15, 0.2) is 0 Å². The molecule has 5 atom stereocenters. The second-order valence-corrected chi connectivity index (χ2v) is 13.1. The molecule has 2 unspecified atom stereocenters. The highest BCUT2D eigenvalue weighted by atomic mass is 32.2. The highest BCUT2D eigenvalue weighted by molar-refractivity contribution is 7.99. The van der Waals surface area contributed by atoms with Crippen LogP contribution in [0.2, 0.25) is 0 Å². The first-order chi connectivity index (χ1) is 24.5. The number of thioether (sulfide) groups is 1. The van der Waals surface area contributed by atoms with Crippen molar-refractivity contribution in [2.24, 2.45) is 0 Å². The SMILES string of the molecule is CCS[C@@H]1OC(COCc2ccc(OC)cc2)[C@@H](OCc2ccc(OC)cc2)[C@@H](OCc2ccc(OC)cc2)C1OCc1ccc(OC)cc1. The van der Waals surface area contributed by atoms with E-state index in [1.54, 1.807) is 40.2 Å². The third kappa shape index (κ3) is 10.6. The lowest BCUT2D eigenvalue weighted by atomic mass is 9.98. The molecular formula is C40H48O9S. The van der Waals surface area contributed by atoms with E-state index < -0.39 is 24.4 Å². The molecule has 0 aromatic heterocycles. The summed E-state index contributed by atoms with van der Waals surface area (Å²) in [6.07, 6.45) is -1.88. The van der Waals surface area contributed by atoms with E-state index in [0.29, 0.717) is 33.0 Å². The minimum Gasteiger partial charge on any atom is -0.497 e. The lowest BCUT2D eigenvalue weighted by Gasteiger charge is -2.46. The second-order valence-electron chi connectivity index (χ2n) is 11.7. The monoisotopic (exact) mass is 704 g/mol. The topological polar surface area (TPSA) is 83.1 Å². The Morgan fingerprint density at radius 1 is 0.480 bits per heavy atom. The van der Waals surface area contributed by atoms with Crippen molar-refractivity contribution in [1.82, 2.24) is 0 Å². The normalized spacial score (nSPS) is 20.3. The summed E-state index contributed by atoms with van der Waals surface area (Å²) in [5.74, 6) is 3.99. The summed E-state index contributed by atoms with van der Waals surface area (Å²) in [4.78, 5) is 0.